The van der Waals surface area contributed by atoms with Crippen LogP contribution >= 0.6 is 0 Å². The lowest BCUT2D eigenvalue weighted by Gasteiger charge is -2.23. The van der Waals surface area contributed by atoms with E-state index in [0.717, 1.165) is 19.3 Å². The molecule has 1 aliphatic carbocycles. The Balaban J connectivity index is 2.22. The summed E-state index contributed by atoms with van der Waals surface area (Å²) in [6, 6.07) is -0.400. The Morgan fingerprint density at radius 2 is 2.13 bits per heavy atom. The molecule has 15 heavy (non-hydrogen) atoms. The van der Waals surface area contributed by atoms with Crippen molar-refractivity contribution in [2.24, 2.45) is 17.6 Å². The predicted octanol–water partition coefficient (Wildman–Crippen LogP) is 0.285. The van der Waals surface area contributed by atoms with Crippen LogP contribution in [-0.2, 0) is 9.59 Å². The van der Waals surface area contributed by atoms with Gasteiger partial charge in [-0.25, -0.2) is 0 Å². The highest BCUT2D eigenvalue weighted by molar-refractivity contribution is 5.92. The van der Waals surface area contributed by atoms with Crippen molar-refractivity contribution in [1.82, 2.24) is 4.90 Å². The second-order valence-corrected chi connectivity index (χ2v) is 4.40. The van der Waals surface area contributed by atoms with Gasteiger partial charge in [0.1, 0.15) is 6.04 Å². The summed E-state index contributed by atoms with van der Waals surface area (Å²) in [6.07, 6.45) is 4.53. The van der Waals surface area contributed by atoms with Gasteiger partial charge < -0.3 is 10.6 Å². The SMILES string of the molecule is C=CC(=O)N1CC2CCCC2C1C(N)=O. The first kappa shape index (κ1) is 10.2. The molecule has 0 spiro atoms. The second-order valence-electron chi connectivity index (χ2n) is 4.40. The summed E-state index contributed by atoms with van der Waals surface area (Å²) in [7, 11) is 0. The number of hydrogen-bond acceptors (Lipinski definition) is 2. The van der Waals surface area contributed by atoms with Crippen LogP contribution in [0.2, 0.25) is 0 Å². The molecule has 2 fully saturated rings. The van der Waals surface area contributed by atoms with Gasteiger partial charge >= 0.3 is 0 Å². The topological polar surface area (TPSA) is 63.4 Å². The summed E-state index contributed by atoms with van der Waals surface area (Å²) < 4.78 is 0. The molecule has 1 aliphatic heterocycles. The van der Waals surface area contributed by atoms with Gasteiger partial charge in [-0.2, -0.15) is 0 Å². The van der Waals surface area contributed by atoms with E-state index < -0.39 is 6.04 Å². The molecule has 2 rings (SSSR count). The first-order chi connectivity index (χ1) is 7.15. The van der Waals surface area contributed by atoms with Crippen molar-refractivity contribution in [3.05, 3.63) is 12.7 Å². The van der Waals surface area contributed by atoms with Crippen molar-refractivity contribution in [1.29, 1.82) is 0 Å². The molecular weight excluding hydrogens is 192 g/mol. The maximum absolute atomic E-state index is 11.6. The van der Waals surface area contributed by atoms with Crippen molar-refractivity contribution in [2.45, 2.75) is 25.3 Å². The van der Waals surface area contributed by atoms with E-state index in [2.05, 4.69) is 6.58 Å². The fourth-order valence-electron chi connectivity index (χ4n) is 3.01. The van der Waals surface area contributed by atoms with Crippen LogP contribution in [0, 0.1) is 11.8 Å². The van der Waals surface area contributed by atoms with Crippen molar-refractivity contribution >= 4 is 11.8 Å². The van der Waals surface area contributed by atoms with Crippen LogP contribution in [0.1, 0.15) is 19.3 Å². The van der Waals surface area contributed by atoms with E-state index in [1.54, 1.807) is 4.90 Å². The molecule has 2 N–H and O–H groups in total. The van der Waals surface area contributed by atoms with E-state index >= 15 is 0 Å². The average Bonchev–Trinajstić information content (AvgIpc) is 2.73. The molecule has 0 radical (unpaired) electrons. The van der Waals surface area contributed by atoms with Crippen LogP contribution in [0.15, 0.2) is 12.7 Å². The molecule has 2 aliphatic rings. The largest absolute Gasteiger partial charge is 0.368 e. The molecule has 0 aromatic rings. The summed E-state index contributed by atoms with van der Waals surface area (Å²) in [5.41, 5.74) is 5.37. The van der Waals surface area contributed by atoms with Gasteiger partial charge in [-0.15, -0.1) is 0 Å². The number of nitrogens with two attached hydrogens (primary N) is 1. The normalized spacial score (nSPS) is 33.9. The van der Waals surface area contributed by atoms with Gasteiger partial charge in [0.15, 0.2) is 0 Å². The molecule has 0 aromatic heterocycles. The van der Waals surface area contributed by atoms with Gasteiger partial charge in [-0.05, 0) is 30.8 Å². The zero-order valence-electron chi connectivity index (χ0n) is 8.69. The van der Waals surface area contributed by atoms with Gasteiger partial charge in [0.2, 0.25) is 11.8 Å². The number of amides is 2. The van der Waals surface area contributed by atoms with Crippen molar-refractivity contribution in [3.63, 3.8) is 0 Å². The van der Waals surface area contributed by atoms with Gasteiger partial charge in [0, 0.05) is 6.54 Å². The van der Waals surface area contributed by atoms with E-state index in [1.807, 2.05) is 0 Å². The van der Waals surface area contributed by atoms with E-state index in [0.29, 0.717) is 12.5 Å². The Morgan fingerprint density at radius 3 is 2.73 bits per heavy atom. The highest BCUT2D eigenvalue weighted by Crippen LogP contribution is 2.42. The molecule has 1 saturated heterocycles. The molecule has 3 unspecified atom stereocenters. The highest BCUT2D eigenvalue weighted by Gasteiger charge is 2.47. The molecule has 1 saturated carbocycles. The van der Waals surface area contributed by atoms with Crippen LogP contribution in [-0.4, -0.2) is 29.3 Å². The summed E-state index contributed by atoms with van der Waals surface area (Å²) in [5, 5.41) is 0. The number of primary amides is 1. The Morgan fingerprint density at radius 1 is 1.40 bits per heavy atom. The van der Waals surface area contributed by atoms with Crippen molar-refractivity contribution in [2.75, 3.05) is 6.54 Å². The molecular formula is C11H16N2O2. The molecule has 4 heteroatoms. The van der Waals surface area contributed by atoms with Gasteiger partial charge in [-0.3, -0.25) is 9.59 Å². The van der Waals surface area contributed by atoms with E-state index in [9.17, 15) is 9.59 Å². The Kier molecular flexibility index (Phi) is 2.50. The standard InChI is InChI=1S/C11H16N2O2/c1-2-9(14)13-6-7-4-3-5-8(7)10(13)11(12)15/h2,7-8,10H,1,3-6H2,(H2,12,15). The maximum Gasteiger partial charge on any atom is 0.246 e. The molecule has 0 aromatic carbocycles. The summed E-state index contributed by atoms with van der Waals surface area (Å²) in [6.45, 7) is 4.12. The van der Waals surface area contributed by atoms with Crippen LogP contribution < -0.4 is 5.73 Å². The van der Waals surface area contributed by atoms with Crippen molar-refractivity contribution < 1.29 is 9.59 Å². The predicted molar refractivity (Wildman–Crippen MR) is 55.7 cm³/mol. The molecule has 0 bridgehead atoms. The van der Waals surface area contributed by atoms with Crippen LogP contribution in [0.4, 0.5) is 0 Å². The summed E-state index contributed by atoms with van der Waals surface area (Å²) in [5.74, 6) is 0.200. The fourth-order valence-corrected chi connectivity index (χ4v) is 3.01. The second kappa shape index (κ2) is 3.68. The van der Waals surface area contributed by atoms with E-state index in [-0.39, 0.29) is 17.7 Å². The minimum absolute atomic E-state index is 0.173. The summed E-state index contributed by atoms with van der Waals surface area (Å²) >= 11 is 0. The Labute approximate surface area is 89.1 Å². The smallest absolute Gasteiger partial charge is 0.246 e. The highest BCUT2D eigenvalue weighted by atomic mass is 16.2. The Hall–Kier alpha value is -1.32. The molecule has 4 nitrogen and oxygen atoms in total. The van der Waals surface area contributed by atoms with Crippen molar-refractivity contribution in [3.8, 4) is 0 Å². The number of rotatable bonds is 2. The number of carbonyl (C=O) groups is 2. The minimum atomic E-state index is -0.400. The van der Waals surface area contributed by atoms with Gasteiger partial charge in [0.05, 0.1) is 0 Å². The molecule has 3 atom stereocenters. The maximum atomic E-state index is 11.6. The lowest BCUT2D eigenvalue weighted by Crippen LogP contribution is -2.45. The third-order valence-electron chi connectivity index (χ3n) is 3.64. The average molecular weight is 208 g/mol. The first-order valence-corrected chi connectivity index (χ1v) is 5.37. The van der Waals surface area contributed by atoms with Gasteiger partial charge in [-0.1, -0.05) is 13.0 Å². The monoisotopic (exact) mass is 208 g/mol. The lowest BCUT2D eigenvalue weighted by atomic mass is 9.94. The zero-order valence-corrected chi connectivity index (χ0v) is 8.69. The quantitative estimate of drug-likeness (QED) is 0.663. The third kappa shape index (κ3) is 1.54. The number of carbonyl (C=O) groups excluding carboxylic acids is 2. The molecule has 2 amide bonds. The molecule has 1 heterocycles. The number of fused-ring (bicyclic) bond motifs is 1. The van der Waals surface area contributed by atoms with Gasteiger partial charge in [0.25, 0.3) is 0 Å². The minimum Gasteiger partial charge on any atom is -0.368 e. The third-order valence-corrected chi connectivity index (χ3v) is 3.64. The number of likely N-dealkylation sites (tertiary alicyclic amines) is 1. The van der Waals surface area contributed by atoms with Crippen LogP contribution in [0.5, 0.6) is 0 Å². The zero-order chi connectivity index (χ0) is 11.0. The molecule has 82 valence electrons. The first-order valence-electron chi connectivity index (χ1n) is 5.37. The Bertz CT molecular complexity index is 314. The van der Waals surface area contributed by atoms with E-state index in [1.165, 1.54) is 6.08 Å². The number of nitrogens with zero attached hydrogens (tertiary/aromatic N) is 1. The van der Waals surface area contributed by atoms with Crippen LogP contribution in [0.3, 0.4) is 0 Å². The number of hydrogen-bond donors (Lipinski definition) is 1. The summed E-state index contributed by atoms with van der Waals surface area (Å²) in [4.78, 5) is 24.5. The lowest BCUT2D eigenvalue weighted by molar-refractivity contribution is -0.134. The van der Waals surface area contributed by atoms with Crippen LogP contribution in [0.25, 0.3) is 0 Å². The van der Waals surface area contributed by atoms with E-state index in [4.69, 9.17) is 5.73 Å². The fraction of sp³-hybridized carbons (Fsp3) is 0.636.